The molecule has 1 aliphatic heterocycles. The van der Waals surface area contributed by atoms with E-state index in [-0.39, 0.29) is 7.55 Å². The van der Waals surface area contributed by atoms with Crippen LogP contribution >= 0.6 is 7.55 Å². The Morgan fingerprint density at radius 2 is 1.88 bits per heavy atom. The van der Waals surface area contributed by atoms with Crippen LogP contribution in [-0.4, -0.2) is 11.0 Å². The summed E-state index contributed by atoms with van der Waals surface area (Å²) >= 11 is 0. The predicted octanol–water partition coefficient (Wildman–Crippen LogP) is 4.19. The van der Waals surface area contributed by atoms with Gasteiger partial charge >= 0.3 is 0 Å². The van der Waals surface area contributed by atoms with Crippen molar-refractivity contribution in [2.75, 3.05) is 0 Å². The lowest BCUT2D eigenvalue weighted by Crippen LogP contribution is -2.08. The standard InChI is InChI=1S/C15H16P/c1-11(2)16-14-9-5-8-13(14)10-15(16)12-6-3-4-7-12/h3-10,12,15H,1-2H3/q+1. The number of rotatable bonds is 1. The van der Waals surface area contributed by atoms with E-state index < -0.39 is 0 Å². The van der Waals surface area contributed by atoms with Gasteiger partial charge in [0.2, 0.25) is 0 Å². The van der Waals surface area contributed by atoms with Crippen LogP contribution in [-0.2, 0) is 0 Å². The van der Waals surface area contributed by atoms with Crippen molar-refractivity contribution in [3.8, 4) is 0 Å². The van der Waals surface area contributed by atoms with Crippen LogP contribution in [0, 0.1) is 5.92 Å². The third-order valence-electron chi connectivity index (χ3n) is 3.39. The molecule has 0 aromatic rings. The molecule has 0 radical (unpaired) electrons. The molecule has 2 atom stereocenters. The molecule has 3 rings (SSSR count). The van der Waals surface area contributed by atoms with Crippen molar-refractivity contribution in [3.05, 3.63) is 59.5 Å². The van der Waals surface area contributed by atoms with E-state index >= 15 is 0 Å². The monoisotopic (exact) mass is 227 g/mol. The molecule has 0 spiro atoms. The molecule has 2 aliphatic carbocycles. The molecule has 1 heterocycles. The summed E-state index contributed by atoms with van der Waals surface area (Å²) in [4.78, 5) is 0. The highest BCUT2D eigenvalue weighted by atomic mass is 31.1. The molecule has 0 aromatic heterocycles. The predicted molar refractivity (Wildman–Crippen MR) is 74.1 cm³/mol. The maximum atomic E-state index is 2.48. The first-order valence-electron chi connectivity index (χ1n) is 5.82. The molecule has 0 nitrogen and oxygen atoms in total. The van der Waals surface area contributed by atoms with E-state index in [1.807, 2.05) is 0 Å². The molecule has 1 heteroatoms. The van der Waals surface area contributed by atoms with Crippen molar-refractivity contribution < 1.29 is 0 Å². The second kappa shape index (κ2) is 3.71. The molecule has 2 unspecified atom stereocenters. The van der Waals surface area contributed by atoms with Crippen LogP contribution < -0.4 is 0 Å². The van der Waals surface area contributed by atoms with Crippen LogP contribution in [0.2, 0.25) is 0 Å². The van der Waals surface area contributed by atoms with E-state index in [9.17, 15) is 0 Å². The van der Waals surface area contributed by atoms with Gasteiger partial charge in [0.1, 0.15) is 7.55 Å². The largest absolute Gasteiger partial charge is 0.156 e. The molecule has 0 N–H and O–H groups in total. The highest BCUT2D eigenvalue weighted by Gasteiger charge is 2.41. The minimum atomic E-state index is -0.0988. The smallest absolute Gasteiger partial charge is 0.0729 e. The molecule has 0 fully saturated rings. The summed E-state index contributed by atoms with van der Waals surface area (Å²) in [5, 5.41) is 3.18. The van der Waals surface area contributed by atoms with E-state index in [2.05, 4.69) is 62.5 Å². The Morgan fingerprint density at radius 1 is 1.12 bits per heavy atom. The maximum absolute atomic E-state index is 2.48. The SMILES string of the molecule is CC(C)=[P+]1C2=CC=CC2=CC1C1C=CC=C1. The normalized spacial score (nSPS) is 28.6. The van der Waals surface area contributed by atoms with Gasteiger partial charge in [-0.25, -0.2) is 0 Å². The molecule has 0 amide bonds. The van der Waals surface area contributed by atoms with E-state index in [1.165, 1.54) is 5.57 Å². The topological polar surface area (TPSA) is 0 Å². The summed E-state index contributed by atoms with van der Waals surface area (Å²) < 4.78 is 0. The lowest BCUT2D eigenvalue weighted by Gasteiger charge is -2.08. The molecule has 16 heavy (non-hydrogen) atoms. The van der Waals surface area contributed by atoms with Gasteiger partial charge in [0.25, 0.3) is 0 Å². The van der Waals surface area contributed by atoms with Crippen LogP contribution in [0.4, 0.5) is 0 Å². The molecule has 80 valence electrons. The molecule has 0 bridgehead atoms. The Hall–Kier alpha value is -1.13. The zero-order valence-electron chi connectivity index (χ0n) is 9.72. The second-order valence-corrected chi connectivity index (χ2v) is 7.40. The Morgan fingerprint density at radius 3 is 2.56 bits per heavy atom. The van der Waals surface area contributed by atoms with E-state index in [1.54, 1.807) is 10.6 Å². The summed E-state index contributed by atoms with van der Waals surface area (Å²) in [6.07, 6.45) is 18.3. The first-order valence-corrected chi connectivity index (χ1v) is 7.23. The van der Waals surface area contributed by atoms with Gasteiger partial charge < -0.3 is 0 Å². The second-order valence-electron chi connectivity index (χ2n) is 4.69. The van der Waals surface area contributed by atoms with Gasteiger partial charge in [-0.15, -0.1) is 0 Å². The van der Waals surface area contributed by atoms with Gasteiger partial charge in [-0.3, -0.25) is 0 Å². The van der Waals surface area contributed by atoms with Crippen molar-refractivity contribution in [1.29, 1.82) is 0 Å². The third-order valence-corrected chi connectivity index (χ3v) is 6.37. The first-order chi connectivity index (χ1) is 7.77. The van der Waals surface area contributed by atoms with Gasteiger partial charge in [0.15, 0.2) is 11.0 Å². The highest BCUT2D eigenvalue weighted by molar-refractivity contribution is 7.64. The Balaban J connectivity index is 2.06. The number of hydrogen-bond acceptors (Lipinski definition) is 0. The van der Waals surface area contributed by atoms with Gasteiger partial charge in [0, 0.05) is 11.5 Å². The molecular weight excluding hydrogens is 211 g/mol. The summed E-state index contributed by atoms with van der Waals surface area (Å²) in [6.45, 7) is 4.58. The molecular formula is C15H16P+. The van der Waals surface area contributed by atoms with E-state index in [4.69, 9.17) is 0 Å². The van der Waals surface area contributed by atoms with Gasteiger partial charge in [0.05, 0.1) is 5.29 Å². The van der Waals surface area contributed by atoms with Crippen molar-refractivity contribution in [2.45, 2.75) is 19.5 Å². The molecule has 3 aliphatic rings. The average molecular weight is 227 g/mol. The highest BCUT2D eigenvalue weighted by Crippen LogP contribution is 2.56. The number of fused-ring (bicyclic) bond motifs is 1. The summed E-state index contributed by atoms with van der Waals surface area (Å²) in [6, 6.07) is 0. The van der Waals surface area contributed by atoms with Crippen LogP contribution in [0.5, 0.6) is 0 Å². The summed E-state index contributed by atoms with van der Waals surface area (Å²) in [5.74, 6) is 0.619. The van der Waals surface area contributed by atoms with E-state index in [0.29, 0.717) is 11.6 Å². The number of hydrogen-bond donors (Lipinski definition) is 0. The molecule has 0 saturated heterocycles. The van der Waals surface area contributed by atoms with Crippen molar-refractivity contribution >= 4 is 12.8 Å². The Kier molecular flexibility index (Phi) is 2.33. The van der Waals surface area contributed by atoms with Gasteiger partial charge in [-0.1, -0.05) is 36.5 Å². The number of allylic oxidation sites excluding steroid dienone is 10. The van der Waals surface area contributed by atoms with Crippen LogP contribution in [0.15, 0.2) is 59.5 Å². The fraction of sp³-hybridized carbons (Fsp3) is 0.267. The average Bonchev–Trinajstić information content (AvgIpc) is 2.92. The third kappa shape index (κ3) is 1.41. The van der Waals surface area contributed by atoms with E-state index in [0.717, 1.165) is 0 Å². The Labute approximate surface area is 98.1 Å². The van der Waals surface area contributed by atoms with Crippen LogP contribution in [0.1, 0.15) is 13.8 Å². The van der Waals surface area contributed by atoms with Gasteiger partial charge in [-0.05, 0) is 26.0 Å². The lowest BCUT2D eigenvalue weighted by molar-refractivity contribution is 0.862. The zero-order chi connectivity index (χ0) is 11.1. The van der Waals surface area contributed by atoms with Crippen molar-refractivity contribution in [1.82, 2.24) is 0 Å². The summed E-state index contributed by atoms with van der Waals surface area (Å²) in [5.41, 5.74) is 2.17. The van der Waals surface area contributed by atoms with Crippen molar-refractivity contribution in [3.63, 3.8) is 0 Å². The van der Waals surface area contributed by atoms with Crippen LogP contribution in [0.25, 0.3) is 0 Å². The molecule has 0 aromatic carbocycles. The zero-order valence-corrected chi connectivity index (χ0v) is 10.6. The molecule has 0 saturated carbocycles. The maximum Gasteiger partial charge on any atom is 0.156 e. The minimum absolute atomic E-state index is 0.0988. The van der Waals surface area contributed by atoms with Crippen LogP contribution in [0.3, 0.4) is 0 Å². The fourth-order valence-electron chi connectivity index (χ4n) is 2.70. The lowest BCUT2D eigenvalue weighted by atomic mass is 10.1. The quantitative estimate of drug-likeness (QED) is 0.589. The van der Waals surface area contributed by atoms with Gasteiger partial charge in [-0.2, -0.15) is 0 Å². The Bertz CT molecular complexity index is 494. The summed E-state index contributed by atoms with van der Waals surface area (Å²) in [7, 11) is -0.0988. The first kappa shape index (κ1) is 10.1. The minimum Gasteiger partial charge on any atom is -0.0729 e. The van der Waals surface area contributed by atoms with Crippen molar-refractivity contribution in [2.24, 2.45) is 5.92 Å². The fourth-order valence-corrected chi connectivity index (χ4v) is 5.63.